The molecule has 4 heteroatoms. The Morgan fingerprint density at radius 1 is 2.00 bits per heavy atom. The zero-order valence-corrected chi connectivity index (χ0v) is 7.57. The summed E-state index contributed by atoms with van der Waals surface area (Å²) in [7, 11) is 1.74. The summed E-state index contributed by atoms with van der Waals surface area (Å²) in [5, 5.41) is 9.22. The molecule has 0 atom stereocenters. The third-order valence-electron chi connectivity index (χ3n) is 0.0943. The van der Waals surface area contributed by atoms with E-state index in [-0.39, 0.29) is 13.4 Å². The van der Waals surface area contributed by atoms with Crippen molar-refractivity contribution in [1.29, 1.82) is 0 Å². The Kier molecular flexibility index (Phi) is 7.12. The van der Waals surface area contributed by atoms with Crippen LogP contribution in [0, 0.1) is 0 Å². The number of rotatable bonds is 1. The Hall–Kier alpha value is 1.49. The van der Waals surface area contributed by atoms with Crippen molar-refractivity contribution in [2.45, 2.75) is 0 Å². The minimum atomic E-state index is 0.113. The van der Waals surface area contributed by atoms with Crippen LogP contribution in [0.2, 0.25) is 0 Å². The van der Waals surface area contributed by atoms with Crippen LogP contribution in [0.5, 0.6) is 0 Å². The summed E-state index contributed by atoms with van der Waals surface area (Å²) in [5.74, 6) is 0. The Bertz CT molecular complexity index is 38.6. The Balaban J connectivity index is 2.62. The van der Waals surface area contributed by atoms with Crippen molar-refractivity contribution in [1.82, 2.24) is 0 Å². The molecule has 0 aliphatic carbocycles. The molecule has 1 N–H and O–H groups in total. The summed E-state index contributed by atoms with van der Waals surface area (Å²) < 4.78 is 0. The van der Waals surface area contributed by atoms with Crippen LogP contribution < -0.4 is 0 Å². The van der Waals surface area contributed by atoms with Crippen LogP contribution in [-0.2, 0) is 0 Å². The molecule has 0 saturated carbocycles. The molecule has 0 heterocycles. The van der Waals surface area contributed by atoms with Gasteiger partial charge in [-0.15, -0.1) is 0 Å². The maximum atomic E-state index is 7.97. The molecule has 32 valence electrons. The van der Waals surface area contributed by atoms with Crippen LogP contribution >= 0.6 is 7.41 Å². The van der Waals surface area contributed by atoms with Gasteiger partial charge in [0.2, 0.25) is 0 Å². The molecule has 5 heavy (non-hydrogen) atoms. The third kappa shape index (κ3) is 5.49. The summed E-state index contributed by atoms with van der Waals surface area (Å²) in [6.45, 7) is 0. The first-order valence-electron chi connectivity index (χ1n) is 0.882. The van der Waals surface area contributed by atoms with Crippen molar-refractivity contribution < 1.29 is 5.11 Å². The molecule has 0 aliphatic heterocycles. The van der Waals surface area contributed by atoms with E-state index in [2.05, 4.69) is 0 Å². The normalized spacial score (nSPS) is 11.6. The van der Waals surface area contributed by atoms with E-state index < -0.39 is 0 Å². The third-order valence-corrected chi connectivity index (χ3v) is 5.66. The quantitative estimate of drug-likeness (QED) is 0.618. The van der Waals surface area contributed by atoms with E-state index in [4.69, 9.17) is 5.11 Å². The zero-order chi connectivity index (χ0) is 4.12. The molecular formula is CH4OSSeTe. The molecule has 0 saturated heterocycles. The van der Waals surface area contributed by atoms with Crippen molar-refractivity contribution in [3.05, 3.63) is 0 Å². The zero-order valence-electron chi connectivity index (χ0n) is 2.33. The molecule has 0 aliphatic rings. The number of hydrogen-bond acceptors (Lipinski definition) is 2. The minimum absolute atomic E-state index is 0.113. The van der Waals surface area contributed by atoms with Gasteiger partial charge in [-0.05, 0) is 0 Å². The van der Waals surface area contributed by atoms with Gasteiger partial charge in [0, 0.05) is 0 Å². The van der Waals surface area contributed by atoms with Crippen LogP contribution in [0.25, 0.3) is 0 Å². The first-order chi connectivity index (χ1) is 2.41. The van der Waals surface area contributed by atoms with Gasteiger partial charge in [-0.25, -0.2) is 0 Å². The molecule has 0 aromatic carbocycles. The van der Waals surface area contributed by atoms with E-state index in [0.29, 0.717) is 0 Å². The molecule has 0 aromatic heterocycles. The van der Waals surface area contributed by atoms with E-state index in [1.807, 2.05) is 0 Å². The van der Waals surface area contributed by atoms with Gasteiger partial charge in [-0.2, -0.15) is 0 Å². The van der Waals surface area contributed by atoms with E-state index in [0.717, 1.165) is 0 Å². The predicted octanol–water partition coefficient (Wildman–Crippen LogP) is -0.981. The summed E-state index contributed by atoms with van der Waals surface area (Å²) in [6.07, 6.45) is 0. The van der Waals surface area contributed by atoms with Gasteiger partial charge in [0.1, 0.15) is 0 Å². The predicted molar refractivity (Wildman–Crippen MR) is 29.9 cm³/mol. The van der Waals surface area contributed by atoms with Crippen LogP contribution in [-0.4, -0.2) is 44.5 Å². The van der Waals surface area contributed by atoms with Crippen molar-refractivity contribution in [3.8, 4) is 0 Å². The first kappa shape index (κ1) is 6.49. The number of hydrogen-bond donors (Lipinski definition) is 1. The molecular weight excluding hydrogens is 267 g/mol. The Labute approximate surface area is 51.7 Å². The van der Waals surface area contributed by atoms with Gasteiger partial charge in [0.15, 0.2) is 0 Å². The van der Waals surface area contributed by atoms with Crippen LogP contribution in [0.4, 0.5) is 0 Å². The maximum absolute atomic E-state index is 7.97. The molecule has 1 nitrogen and oxygen atoms in total. The molecule has 0 bridgehead atoms. The monoisotopic (exact) mass is 274 g/mol. The fraction of sp³-hybridized carbons (Fsp3) is 0. The summed E-state index contributed by atoms with van der Waals surface area (Å²) in [4.78, 5) is 0. The summed E-state index contributed by atoms with van der Waals surface area (Å²) in [6, 6.07) is 0. The van der Waals surface area contributed by atoms with Crippen LogP contribution in [0.15, 0.2) is 0 Å². The number of aliphatic hydroxyl groups excluding tert-OH is 1. The van der Waals surface area contributed by atoms with Gasteiger partial charge in [-0.1, -0.05) is 0 Å². The van der Waals surface area contributed by atoms with Crippen molar-refractivity contribution in [2.24, 2.45) is 0 Å². The molecule has 0 fully saturated rings. The second kappa shape index (κ2) is 5.49. The van der Waals surface area contributed by atoms with E-state index in [9.17, 15) is 0 Å². The van der Waals surface area contributed by atoms with Gasteiger partial charge in [0.05, 0.1) is 0 Å². The van der Waals surface area contributed by atoms with E-state index in [1.165, 1.54) is 5.11 Å². The number of aliphatic hydroxyl groups is 1. The second-order valence-electron chi connectivity index (χ2n) is 0.303. The van der Waals surface area contributed by atoms with Gasteiger partial charge >= 0.3 is 51.9 Å². The van der Waals surface area contributed by atoms with Crippen LogP contribution in [0.3, 0.4) is 0 Å². The average Bonchev–Trinajstić information content (AvgIpc) is 1.41. The molecule has 0 unspecified atom stereocenters. The van der Waals surface area contributed by atoms with Gasteiger partial charge < -0.3 is 0 Å². The van der Waals surface area contributed by atoms with Crippen molar-refractivity contribution in [3.63, 3.8) is 0 Å². The molecule has 0 amide bonds. The van der Waals surface area contributed by atoms with E-state index >= 15 is 0 Å². The molecule has 0 spiro atoms. The SMILES string of the molecule is OC=[SeH]S[TeH]. The van der Waals surface area contributed by atoms with Crippen molar-refractivity contribution in [2.75, 3.05) is 0 Å². The Morgan fingerprint density at radius 2 is 2.60 bits per heavy atom. The fourth-order valence-electron chi connectivity index (χ4n) is 0.0211. The molecule has 0 rings (SSSR count). The second-order valence-corrected chi connectivity index (χ2v) is 10.8. The van der Waals surface area contributed by atoms with Crippen LogP contribution in [0.1, 0.15) is 0 Å². The van der Waals surface area contributed by atoms with Crippen molar-refractivity contribution >= 4 is 46.8 Å². The Morgan fingerprint density at radius 3 is 2.60 bits per heavy atom. The van der Waals surface area contributed by atoms with E-state index in [1.54, 1.807) is 28.3 Å². The summed E-state index contributed by atoms with van der Waals surface area (Å²) >= 11 is 1.80. The molecule has 0 aromatic rings. The average molecular weight is 271 g/mol. The standard InChI is InChI=1S/CH4OSSeTe/c2-1-4-3-5/h1-2,4-5H. The summed E-state index contributed by atoms with van der Waals surface area (Å²) in [5.41, 5.74) is 0. The first-order valence-corrected chi connectivity index (χ1v) is 8.12. The topological polar surface area (TPSA) is 20.2 Å². The van der Waals surface area contributed by atoms with Gasteiger partial charge in [0.25, 0.3) is 0 Å². The molecule has 0 radical (unpaired) electrons. The van der Waals surface area contributed by atoms with Gasteiger partial charge in [-0.3, -0.25) is 0 Å². The fourth-order valence-corrected chi connectivity index (χ4v) is 2.20.